The Kier molecular flexibility index (Phi) is 4.16. The number of carbonyl (C=O) groups excluding carboxylic acids is 1. The van der Waals surface area contributed by atoms with Gasteiger partial charge in [-0.15, -0.1) is 0 Å². The summed E-state index contributed by atoms with van der Waals surface area (Å²) in [5.74, 6) is 0. The fraction of sp³-hybridized carbons (Fsp3) is 0.294. The molecule has 4 nitrogen and oxygen atoms in total. The predicted molar refractivity (Wildman–Crippen MR) is 93.2 cm³/mol. The molecule has 0 aliphatic heterocycles. The van der Waals surface area contributed by atoms with Gasteiger partial charge < -0.3 is 5.73 Å². The van der Waals surface area contributed by atoms with E-state index in [1.54, 1.807) is 0 Å². The van der Waals surface area contributed by atoms with Crippen LogP contribution in [0.2, 0.25) is 0 Å². The zero-order valence-electron chi connectivity index (χ0n) is 12.4. The quantitative estimate of drug-likeness (QED) is 0.620. The number of amides is 2. The minimum absolute atomic E-state index is 0.657. The van der Waals surface area contributed by atoms with Crippen LogP contribution >= 0.6 is 15.9 Å². The van der Waals surface area contributed by atoms with Gasteiger partial charge in [-0.25, -0.2) is 10.2 Å². The summed E-state index contributed by atoms with van der Waals surface area (Å²) in [6, 6.07) is 7.90. The summed E-state index contributed by atoms with van der Waals surface area (Å²) < 4.78 is 1.11. The van der Waals surface area contributed by atoms with Crippen molar-refractivity contribution in [3.63, 3.8) is 0 Å². The molecule has 0 bridgehead atoms. The van der Waals surface area contributed by atoms with Crippen LogP contribution in [-0.2, 0) is 12.8 Å². The van der Waals surface area contributed by atoms with Gasteiger partial charge in [0.2, 0.25) is 0 Å². The first-order valence-electron chi connectivity index (χ1n) is 7.40. The van der Waals surface area contributed by atoms with Gasteiger partial charge >= 0.3 is 6.03 Å². The number of primary amides is 1. The Balaban J connectivity index is 2.09. The van der Waals surface area contributed by atoms with E-state index in [4.69, 9.17) is 5.73 Å². The maximum atomic E-state index is 10.8. The van der Waals surface area contributed by atoms with Gasteiger partial charge in [0.25, 0.3) is 0 Å². The third-order valence-electron chi connectivity index (χ3n) is 4.17. The highest BCUT2D eigenvalue weighted by Crippen LogP contribution is 2.34. The molecule has 5 heteroatoms. The van der Waals surface area contributed by atoms with Gasteiger partial charge in [-0.05, 0) is 72.2 Å². The molecule has 1 aliphatic rings. The zero-order valence-corrected chi connectivity index (χ0v) is 14.0. The van der Waals surface area contributed by atoms with E-state index >= 15 is 0 Å². The van der Waals surface area contributed by atoms with Gasteiger partial charge in [-0.2, -0.15) is 5.10 Å². The first-order valence-corrected chi connectivity index (χ1v) is 8.19. The van der Waals surface area contributed by atoms with Gasteiger partial charge in [0, 0.05) is 4.47 Å². The van der Waals surface area contributed by atoms with E-state index in [0.29, 0.717) is 0 Å². The number of nitrogens with two attached hydrogens (primary N) is 1. The highest BCUT2D eigenvalue weighted by atomic mass is 79.9. The van der Waals surface area contributed by atoms with Crippen molar-refractivity contribution >= 4 is 38.4 Å². The standard InChI is InChI=1S/C17H18BrN3O/c1-10(20-21-17(19)22)11-6-7-14-13-5-3-2-4-12(13)9-16(18)15(14)8-11/h6-9H,2-5H2,1H3,(H3,19,21,22)/b20-10+. The number of urea groups is 1. The van der Waals surface area contributed by atoms with Crippen LogP contribution in [-0.4, -0.2) is 11.7 Å². The van der Waals surface area contributed by atoms with E-state index in [1.165, 1.54) is 34.7 Å². The number of hydrazone groups is 1. The molecule has 0 saturated heterocycles. The summed E-state index contributed by atoms with van der Waals surface area (Å²) in [6.07, 6.45) is 4.84. The van der Waals surface area contributed by atoms with Crippen molar-refractivity contribution in [2.45, 2.75) is 32.6 Å². The van der Waals surface area contributed by atoms with Crippen LogP contribution in [0.15, 0.2) is 33.8 Å². The molecule has 0 unspecified atom stereocenters. The van der Waals surface area contributed by atoms with Gasteiger partial charge in [0.15, 0.2) is 0 Å². The Hall–Kier alpha value is -1.88. The maximum absolute atomic E-state index is 10.8. The molecule has 2 aromatic carbocycles. The van der Waals surface area contributed by atoms with Crippen LogP contribution < -0.4 is 11.2 Å². The number of nitrogens with zero attached hydrogens (tertiary/aromatic N) is 1. The molecular weight excluding hydrogens is 342 g/mol. The third-order valence-corrected chi connectivity index (χ3v) is 4.82. The van der Waals surface area contributed by atoms with E-state index < -0.39 is 6.03 Å². The van der Waals surface area contributed by atoms with Gasteiger partial charge in [0.1, 0.15) is 0 Å². The molecule has 0 radical (unpaired) electrons. The smallest absolute Gasteiger partial charge is 0.332 e. The van der Waals surface area contributed by atoms with Gasteiger partial charge in [-0.1, -0.05) is 28.1 Å². The van der Waals surface area contributed by atoms with Crippen molar-refractivity contribution in [3.8, 4) is 0 Å². The first kappa shape index (κ1) is 15.0. The van der Waals surface area contributed by atoms with Gasteiger partial charge in [-0.3, -0.25) is 0 Å². The van der Waals surface area contributed by atoms with Crippen molar-refractivity contribution in [2.24, 2.45) is 10.8 Å². The number of aryl methyl sites for hydroxylation is 2. The topological polar surface area (TPSA) is 67.5 Å². The molecule has 0 fully saturated rings. The third kappa shape index (κ3) is 2.86. The van der Waals surface area contributed by atoms with Crippen LogP contribution in [0.4, 0.5) is 4.79 Å². The minimum Gasteiger partial charge on any atom is -0.350 e. The van der Waals surface area contributed by atoms with Crippen LogP contribution in [0.1, 0.15) is 36.5 Å². The molecule has 0 saturated carbocycles. The summed E-state index contributed by atoms with van der Waals surface area (Å²) >= 11 is 3.69. The van der Waals surface area contributed by atoms with Gasteiger partial charge in [0.05, 0.1) is 5.71 Å². The van der Waals surface area contributed by atoms with E-state index in [1.807, 2.05) is 13.0 Å². The molecular formula is C17H18BrN3O. The highest BCUT2D eigenvalue weighted by molar-refractivity contribution is 9.10. The Labute approximate surface area is 137 Å². The number of halogens is 1. The first-order chi connectivity index (χ1) is 10.6. The molecule has 0 heterocycles. The van der Waals surface area contributed by atoms with E-state index in [0.717, 1.165) is 28.6 Å². The largest absolute Gasteiger partial charge is 0.350 e. The fourth-order valence-electron chi connectivity index (χ4n) is 3.06. The van der Waals surface area contributed by atoms with Crippen LogP contribution in [0.25, 0.3) is 10.8 Å². The number of rotatable bonds is 2. The minimum atomic E-state index is -0.657. The van der Waals surface area contributed by atoms with E-state index in [9.17, 15) is 4.79 Å². The maximum Gasteiger partial charge on any atom is 0.332 e. The SMILES string of the molecule is C/C(=N\NC(N)=O)c1ccc2c3c(cc(Br)c2c1)CCCC3. The molecule has 3 rings (SSSR count). The number of hydrogen-bond acceptors (Lipinski definition) is 2. The van der Waals surface area contributed by atoms with Crippen LogP contribution in [0.3, 0.4) is 0 Å². The number of fused-ring (bicyclic) bond motifs is 3. The average molecular weight is 360 g/mol. The van der Waals surface area contributed by atoms with Crippen molar-refractivity contribution in [3.05, 3.63) is 45.4 Å². The lowest BCUT2D eigenvalue weighted by atomic mass is 9.87. The monoisotopic (exact) mass is 359 g/mol. The predicted octanol–water partition coefficient (Wildman–Crippen LogP) is 3.87. The van der Waals surface area contributed by atoms with E-state index in [2.05, 4.69) is 44.7 Å². The molecule has 2 aromatic rings. The van der Waals surface area contributed by atoms with Crippen molar-refractivity contribution in [1.29, 1.82) is 0 Å². The lowest BCUT2D eigenvalue weighted by Gasteiger charge is -2.19. The second-order valence-electron chi connectivity index (χ2n) is 5.64. The molecule has 2 amide bonds. The van der Waals surface area contributed by atoms with Crippen LogP contribution in [0, 0.1) is 0 Å². The molecule has 0 atom stereocenters. The highest BCUT2D eigenvalue weighted by Gasteiger charge is 2.15. The molecule has 3 N–H and O–H groups in total. The number of nitrogens with one attached hydrogen (secondary N) is 1. The molecule has 0 aromatic heterocycles. The lowest BCUT2D eigenvalue weighted by Crippen LogP contribution is -2.25. The molecule has 114 valence electrons. The second-order valence-corrected chi connectivity index (χ2v) is 6.49. The number of hydrogen-bond donors (Lipinski definition) is 2. The summed E-state index contributed by atoms with van der Waals surface area (Å²) in [5, 5.41) is 6.49. The summed E-state index contributed by atoms with van der Waals surface area (Å²) in [4.78, 5) is 10.8. The average Bonchev–Trinajstić information content (AvgIpc) is 2.52. The molecule has 22 heavy (non-hydrogen) atoms. The summed E-state index contributed by atoms with van der Waals surface area (Å²) in [5.41, 5.74) is 11.9. The molecule has 0 spiro atoms. The number of carbonyl (C=O) groups is 1. The van der Waals surface area contributed by atoms with Crippen molar-refractivity contribution in [1.82, 2.24) is 5.43 Å². The molecule has 1 aliphatic carbocycles. The Morgan fingerprint density at radius 3 is 2.77 bits per heavy atom. The van der Waals surface area contributed by atoms with Crippen molar-refractivity contribution in [2.75, 3.05) is 0 Å². The Morgan fingerprint density at radius 1 is 1.23 bits per heavy atom. The Bertz CT molecular complexity index is 783. The summed E-state index contributed by atoms with van der Waals surface area (Å²) in [7, 11) is 0. The Morgan fingerprint density at radius 2 is 2.00 bits per heavy atom. The van der Waals surface area contributed by atoms with E-state index in [-0.39, 0.29) is 0 Å². The normalized spacial score (nSPS) is 14.7. The second kappa shape index (κ2) is 6.08. The summed E-state index contributed by atoms with van der Waals surface area (Å²) in [6.45, 7) is 1.85. The van der Waals surface area contributed by atoms with Crippen molar-refractivity contribution < 1.29 is 4.79 Å². The zero-order chi connectivity index (χ0) is 15.7. The fourth-order valence-corrected chi connectivity index (χ4v) is 3.66. The van der Waals surface area contributed by atoms with Crippen LogP contribution in [0.5, 0.6) is 0 Å². The lowest BCUT2D eigenvalue weighted by molar-refractivity contribution is 0.249. The number of benzene rings is 2.